The Hall–Kier alpha value is -1.63. The number of sulfone groups is 1. The second kappa shape index (κ2) is 6.71. The molecule has 1 N–H and O–H groups in total. The average Bonchev–Trinajstić information content (AvgIpc) is 2.55. The molecule has 1 heterocycles. The van der Waals surface area contributed by atoms with Crippen molar-refractivity contribution in [3.8, 4) is 0 Å². The van der Waals surface area contributed by atoms with E-state index in [4.69, 9.17) is 4.65 Å². The van der Waals surface area contributed by atoms with Crippen LogP contribution >= 0.6 is 0 Å². The van der Waals surface area contributed by atoms with Crippen molar-refractivity contribution in [1.29, 1.82) is 0 Å². The third-order valence-electron chi connectivity index (χ3n) is 4.39. The van der Waals surface area contributed by atoms with E-state index in [1.54, 1.807) is 18.2 Å². The predicted octanol–water partition coefficient (Wildman–Crippen LogP) is 2.04. The van der Waals surface area contributed by atoms with Gasteiger partial charge in [-0.2, -0.15) is 0 Å². The summed E-state index contributed by atoms with van der Waals surface area (Å²) in [5, 5.41) is 9.91. The first-order chi connectivity index (χ1) is 11.4. The first kappa shape index (κ1) is 17.2. The third-order valence-corrected chi connectivity index (χ3v) is 6.09. The number of hydrogen-bond acceptors (Lipinski definition) is 4. The summed E-state index contributed by atoms with van der Waals surface area (Å²) in [4.78, 5) is 0.321. The van der Waals surface area contributed by atoms with Crippen LogP contribution in [-0.4, -0.2) is 27.2 Å². The van der Waals surface area contributed by atoms with Crippen LogP contribution in [0, 0.1) is 0 Å². The standard InChI is InChI=1S/C18H21BO4S/c1-13(2)15-5-7-17(8-6-15)24(21,22)12-14-3-4-16-9-10-23-19(20)18(16)11-14/h3-8,11,13,20H,9-10,12H2,1-2H3. The maximum atomic E-state index is 12.6. The fraction of sp³-hybridized carbons (Fsp3) is 0.333. The summed E-state index contributed by atoms with van der Waals surface area (Å²) in [5.74, 6) is 0.275. The van der Waals surface area contributed by atoms with E-state index in [2.05, 4.69) is 13.8 Å². The van der Waals surface area contributed by atoms with Crippen molar-refractivity contribution in [3.05, 3.63) is 59.2 Å². The zero-order chi connectivity index (χ0) is 17.3. The van der Waals surface area contributed by atoms with Gasteiger partial charge in [-0.15, -0.1) is 0 Å². The highest BCUT2D eigenvalue weighted by Gasteiger charge is 2.25. The van der Waals surface area contributed by atoms with Crippen LogP contribution in [0.2, 0.25) is 0 Å². The Bertz CT molecular complexity index is 829. The summed E-state index contributed by atoms with van der Waals surface area (Å²) in [5.41, 5.74) is 3.45. The fourth-order valence-electron chi connectivity index (χ4n) is 2.92. The Kier molecular flexibility index (Phi) is 4.81. The van der Waals surface area contributed by atoms with Crippen molar-refractivity contribution in [1.82, 2.24) is 0 Å². The molecule has 6 heteroatoms. The van der Waals surface area contributed by atoms with Crippen LogP contribution in [0.3, 0.4) is 0 Å². The molecule has 126 valence electrons. The van der Waals surface area contributed by atoms with E-state index in [1.807, 2.05) is 24.3 Å². The van der Waals surface area contributed by atoms with E-state index in [-0.39, 0.29) is 5.75 Å². The summed E-state index contributed by atoms with van der Waals surface area (Å²) >= 11 is 0. The monoisotopic (exact) mass is 344 g/mol. The van der Waals surface area contributed by atoms with Crippen molar-refractivity contribution >= 4 is 22.4 Å². The molecule has 0 radical (unpaired) electrons. The summed E-state index contributed by atoms with van der Waals surface area (Å²) in [6.45, 7) is 4.63. The van der Waals surface area contributed by atoms with Crippen LogP contribution in [0.1, 0.15) is 36.5 Å². The molecule has 0 saturated heterocycles. The number of rotatable bonds is 4. The Morgan fingerprint density at radius 3 is 2.54 bits per heavy atom. The lowest BCUT2D eigenvalue weighted by atomic mass is 9.73. The lowest BCUT2D eigenvalue weighted by Gasteiger charge is -2.19. The molecule has 1 aliphatic rings. The van der Waals surface area contributed by atoms with Gasteiger partial charge >= 0.3 is 7.12 Å². The predicted molar refractivity (Wildman–Crippen MR) is 95.1 cm³/mol. The van der Waals surface area contributed by atoms with Crippen LogP contribution in [0.4, 0.5) is 0 Å². The van der Waals surface area contributed by atoms with Gasteiger partial charge in [-0.3, -0.25) is 0 Å². The molecule has 2 aromatic rings. The van der Waals surface area contributed by atoms with Gasteiger partial charge in [0.25, 0.3) is 0 Å². The molecule has 0 bridgehead atoms. The minimum absolute atomic E-state index is 0.0893. The van der Waals surface area contributed by atoms with E-state index < -0.39 is 17.0 Å². The molecule has 24 heavy (non-hydrogen) atoms. The summed E-state index contributed by atoms with van der Waals surface area (Å²) in [7, 11) is -4.39. The maximum Gasteiger partial charge on any atom is 0.491 e. The van der Waals surface area contributed by atoms with Crippen LogP contribution in [0.25, 0.3) is 0 Å². The van der Waals surface area contributed by atoms with E-state index in [0.717, 1.165) is 17.5 Å². The Labute approximate surface area is 143 Å². The van der Waals surface area contributed by atoms with E-state index >= 15 is 0 Å². The fourth-order valence-corrected chi connectivity index (χ4v) is 4.26. The summed E-state index contributed by atoms with van der Waals surface area (Å²) in [6.07, 6.45) is 0.732. The largest absolute Gasteiger partial charge is 0.491 e. The molecule has 0 atom stereocenters. The average molecular weight is 344 g/mol. The number of benzene rings is 2. The molecule has 2 aromatic carbocycles. The molecule has 3 rings (SSSR count). The van der Waals surface area contributed by atoms with E-state index in [1.165, 1.54) is 0 Å². The Balaban J connectivity index is 1.85. The second-order valence-corrected chi connectivity index (χ2v) is 8.48. The quantitative estimate of drug-likeness (QED) is 0.863. The molecule has 0 amide bonds. The zero-order valence-electron chi connectivity index (χ0n) is 13.9. The molecule has 0 aliphatic carbocycles. The Morgan fingerprint density at radius 2 is 1.88 bits per heavy atom. The highest BCUT2D eigenvalue weighted by atomic mass is 32.2. The molecule has 0 aromatic heterocycles. The van der Waals surface area contributed by atoms with Gasteiger partial charge in [-0.1, -0.05) is 44.2 Å². The van der Waals surface area contributed by atoms with Gasteiger partial charge < -0.3 is 9.68 Å². The SMILES string of the molecule is CC(C)c1ccc(S(=O)(=O)Cc2ccc3c(c2)B(O)OCC3)cc1. The molecule has 1 aliphatic heterocycles. The topological polar surface area (TPSA) is 63.6 Å². The molecule has 4 nitrogen and oxygen atoms in total. The Morgan fingerprint density at radius 1 is 1.17 bits per heavy atom. The lowest BCUT2D eigenvalue weighted by Crippen LogP contribution is -2.41. The zero-order valence-corrected chi connectivity index (χ0v) is 14.7. The van der Waals surface area contributed by atoms with Crippen molar-refractivity contribution in [2.24, 2.45) is 0 Å². The first-order valence-corrected chi connectivity index (χ1v) is 9.76. The molecule has 0 saturated carbocycles. The molecule has 0 spiro atoms. The van der Waals surface area contributed by atoms with Gasteiger partial charge in [-0.25, -0.2) is 8.42 Å². The van der Waals surface area contributed by atoms with E-state index in [0.29, 0.717) is 28.4 Å². The highest BCUT2D eigenvalue weighted by molar-refractivity contribution is 7.90. The van der Waals surface area contributed by atoms with Gasteiger partial charge in [0.2, 0.25) is 0 Å². The van der Waals surface area contributed by atoms with Crippen molar-refractivity contribution in [3.63, 3.8) is 0 Å². The number of fused-ring (bicyclic) bond motifs is 1. The van der Waals surface area contributed by atoms with Gasteiger partial charge in [0, 0.05) is 6.61 Å². The minimum Gasteiger partial charge on any atom is -0.423 e. The van der Waals surface area contributed by atoms with E-state index in [9.17, 15) is 13.4 Å². The van der Waals surface area contributed by atoms with Gasteiger partial charge in [0.05, 0.1) is 10.6 Å². The minimum atomic E-state index is -3.42. The van der Waals surface area contributed by atoms with Crippen LogP contribution in [0.5, 0.6) is 0 Å². The molecule has 0 fully saturated rings. The lowest BCUT2D eigenvalue weighted by molar-refractivity contribution is 0.266. The second-order valence-electron chi connectivity index (χ2n) is 6.49. The van der Waals surface area contributed by atoms with Crippen molar-refractivity contribution in [2.45, 2.75) is 36.8 Å². The molecular weight excluding hydrogens is 323 g/mol. The van der Waals surface area contributed by atoms with Gasteiger partial charge in [0.15, 0.2) is 9.84 Å². The van der Waals surface area contributed by atoms with Gasteiger partial charge in [-0.05, 0) is 46.6 Å². The van der Waals surface area contributed by atoms with Crippen molar-refractivity contribution in [2.75, 3.05) is 6.61 Å². The van der Waals surface area contributed by atoms with Crippen LogP contribution < -0.4 is 5.46 Å². The summed E-state index contributed by atoms with van der Waals surface area (Å²) in [6, 6.07) is 12.5. The van der Waals surface area contributed by atoms with Crippen molar-refractivity contribution < 1.29 is 18.1 Å². The van der Waals surface area contributed by atoms with Crippen LogP contribution in [0.15, 0.2) is 47.4 Å². The van der Waals surface area contributed by atoms with Crippen LogP contribution in [-0.2, 0) is 26.7 Å². The normalized spacial score (nSPS) is 14.8. The number of hydrogen-bond donors (Lipinski definition) is 1. The third kappa shape index (κ3) is 3.56. The maximum absolute atomic E-state index is 12.6. The molecular formula is C18H21BO4S. The summed E-state index contributed by atoms with van der Waals surface area (Å²) < 4.78 is 30.5. The smallest absolute Gasteiger partial charge is 0.423 e. The molecule has 0 unspecified atom stereocenters. The van der Waals surface area contributed by atoms with Gasteiger partial charge in [0.1, 0.15) is 0 Å². The first-order valence-electron chi connectivity index (χ1n) is 8.11. The highest BCUT2D eigenvalue weighted by Crippen LogP contribution is 2.21.